The molecule has 0 spiro atoms. The normalized spacial score (nSPS) is 10.7. The fraction of sp³-hybridized carbons (Fsp3) is 0.0625. The number of pyridine rings is 1. The number of halogens is 3. The third-order valence-electron chi connectivity index (χ3n) is 3.11. The first-order chi connectivity index (χ1) is 12.0. The highest BCUT2D eigenvalue weighted by molar-refractivity contribution is 9.10. The van der Waals surface area contributed by atoms with Crippen LogP contribution >= 0.6 is 50.9 Å². The number of nitrogens with one attached hydrogen (secondary N) is 1. The molecule has 0 aliphatic carbocycles. The first-order valence-electron chi connectivity index (χ1n) is 7.06. The fourth-order valence-electron chi connectivity index (χ4n) is 2.00. The number of nitrogens with zero attached hydrogens (tertiary/aromatic N) is 3. The summed E-state index contributed by atoms with van der Waals surface area (Å²) in [6.45, 7) is 0. The lowest BCUT2D eigenvalue weighted by Gasteiger charge is -2.08. The van der Waals surface area contributed by atoms with Crippen LogP contribution in [-0.2, 0) is 4.79 Å². The van der Waals surface area contributed by atoms with Crippen LogP contribution in [0.5, 0.6) is 0 Å². The second-order valence-corrected chi connectivity index (χ2v) is 7.58. The minimum atomic E-state index is -0.230. The lowest BCUT2D eigenvalue weighted by atomic mass is 10.3. The Labute approximate surface area is 166 Å². The summed E-state index contributed by atoms with van der Waals surface area (Å²) in [5.41, 5.74) is 0.964. The van der Waals surface area contributed by atoms with Gasteiger partial charge in [0.05, 0.1) is 15.8 Å². The Kier molecular flexibility index (Phi) is 6.01. The number of amides is 1. The Morgan fingerprint density at radius 1 is 1.24 bits per heavy atom. The average Bonchev–Trinajstić information content (AvgIpc) is 3.05. The minimum absolute atomic E-state index is 0.175. The van der Waals surface area contributed by atoms with E-state index in [1.807, 2.05) is 35.0 Å². The molecule has 25 heavy (non-hydrogen) atoms. The molecule has 0 fully saturated rings. The first-order valence-corrected chi connectivity index (χ1v) is 9.59. The monoisotopic (exact) mass is 456 g/mol. The van der Waals surface area contributed by atoms with Crippen molar-refractivity contribution >= 4 is 62.6 Å². The van der Waals surface area contributed by atoms with E-state index < -0.39 is 0 Å². The van der Waals surface area contributed by atoms with E-state index in [9.17, 15) is 4.79 Å². The zero-order chi connectivity index (χ0) is 17.8. The van der Waals surface area contributed by atoms with Crippen molar-refractivity contribution < 1.29 is 4.79 Å². The van der Waals surface area contributed by atoms with Gasteiger partial charge >= 0.3 is 0 Å². The van der Waals surface area contributed by atoms with E-state index in [0.717, 1.165) is 10.2 Å². The number of rotatable bonds is 5. The first kappa shape index (κ1) is 18.3. The molecule has 0 aliphatic heterocycles. The maximum Gasteiger partial charge on any atom is 0.236 e. The van der Waals surface area contributed by atoms with E-state index in [4.69, 9.17) is 23.2 Å². The molecule has 1 amide bonds. The van der Waals surface area contributed by atoms with E-state index in [1.165, 1.54) is 24.0 Å². The number of aromatic nitrogens is 3. The fourth-order valence-corrected chi connectivity index (χ4v) is 3.46. The third-order valence-corrected chi connectivity index (χ3v) is 5.10. The maximum atomic E-state index is 12.1. The van der Waals surface area contributed by atoms with E-state index in [-0.39, 0.29) is 17.5 Å². The molecule has 3 rings (SSSR count). The van der Waals surface area contributed by atoms with Crippen LogP contribution in [0.15, 0.2) is 58.6 Å². The Balaban J connectivity index is 1.65. The van der Waals surface area contributed by atoms with Crippen molar-refractivity contribution in [2.45, 2.75) is 5.16 Å². The molecule has 1 N–H and O–H groups in total. The van der Waals surface area contributed by atoms with E-state index in [2.05, 4.69) is 31.2 Å². The van der Waals surface area contributed by atoms with Gasteiger partial charge in [-0.25, -0.2) is 9.97 Å². The molecular formula is C16H11BrCl2N4OS. The number of imidazole rings is 1. The Bertz CT molecular complexity index is 901. The molecule has 3 aromatic rings. The molecule has 128 valence electrons. The zero-order valence-electron chi connectivity index (χ0n) is 12.6. The van der Waals surface area contributed by atoms with Crippen molar-refractivity contribution in [1.29, 1.82) is 0 Å². The summed E-state index contributed by atoms with van der Waals surface area (Å²) >= 11 is 16.5. The summed E-state index contributed by atoms with van der Waals surface area (Å²) in [6, 6.07) is 9.36. The topological polar surface area (TPSA) is 59.8 Å². The molecule has 0 radical (unpaired) electrons. The number of carbonyl (C=O) groups excluding carboxylic acids is 1. The van der Waals surface area contributed by atoms with Crippen molar-refractivity contribution in [3.05, 3.63) is 63.4 Å². The molecule has 0 saturated heterocycles. The van der Waals surface area contributed by atoms with Crippen LogP contribution < -0.4 is 5.32 Å². The van der Waals surface area contributed by atoms with Gasteiger partial charge in [0.1, 0.15) is 0 Å². The van der Waals surface area contributed by atoms with E-state index in [1.54, 1.807) is 6.20 Å². The number of hydrogen-bond acceptors (Lipinski definition) is 4. The summed E-state index contributed by atoms with van der Waals surface area (Å²) in [5.74, 6) is 0.230. The molecule has 9 heteroatoms. The van der Waals surface area contributed by atoms with Gasteiger partial charge in [-0.05, 0) is 30.3 Å². The van der Waals surface area contributed by atoms with Gasteiger partial charge in [0.2, 0.25) is 5.91 Å². The molecule has 2 aromatic heterocycles. The molecular weight excluding hydrogens is 447 g/mol. The van der Waals surface area contributed by atoms with Crippen LogP contribution in [0.25, 0.3) is 5.69 Å². The molecule has 5 nitrogen and oxygen atoms in total. The Morgan fingerprint density at radius 2 is 2.00 bits per heavy atom. The number of anilines is 1. The lowest BCUT2D eigenvalue weighted by Crippen LogP contribution is -2.15. The van der Waals surface area contributed by atoms with Gasteiger partial charge < -0.3 is 5.32 Å². The van der Waals surface area contributed by atoms with Crippen LogP contribution in [0, 0.1) is 0 Å². The van der Waals surface area contributed by atoms with Crippen molar-refractivity contribution in [3.63, 3.8) is 0 Å². The van der Waals surface area contributed by atoms with Gasteiger partial charge in [0.25, 0.3) is 0 Å². The summed E-state index contributed by atoms with van der Waals surface area (Å²) in [7, 11) is 0. The molecule has 0 aliphatic rings. The van der Waals surface area contributed by atoms with Crippen LogP contribution in [0.1, 0.15) is 0 Å². The summed E-state index contributed by atoms with van der Waals surface area (Å²) in [4.78, 5) is 20.4. The van der Waals surface area contributed by atoms with Gasteiger partial charge in [0, 0.05) is 28.8 Å². The summed E-state index contributed by atoms with van der Waals surface area (Å²) in [6.07, 6.45) is 4.97. The van der Waals surface area contributed by atoms with Gasteiger partial charge in [-0.2, -0.15) is 0 Å². The molecule has 0 saturated carbocycles. The van der Waals surface area contributed by atoms with Crippen molar-refractivity contribution in [3.8, 4) is 5.69 Å². The van der Waals surface area contributed by atoms with Crippen molar-refractivity contribution in [2.24, 2.45) is 0 Å². The quantitative estimate of drug-likeness (QED) is 0.543. The van der Waals surface area contributed by atoms with Gasteiger partial charge in [-0.3, -0.25) is 9.36 Å². The lowest BCUT2D eigenvalue weighted by molar-refractivity contribution is -0.113. The van der Waals surface area contributed by atoms with Crippen LogP contribution in [0.2, 0.25) is 10.0 Å². The average molecular weight is 458 g/mol. The van der Waals surface area contributed by atoms with Gasteiger partial charge in [-0.15, -0.1) is 0 Å². The number of hydrogen-bond donors (Lipinski definition) is 1. The molecule has 1 aromatic carbocycles. The number of thioether (sulfide) groups is 1. The Morgan fingerprint density at radius 3 is 2.72 bits per heavy atom. The highest BCUT2D eigenvalue weighted by atomic mass is 79.9. The Hall–Kier alpha value is -1.54. The third kappa shape index (κ3) is 4.76. The SMILES string of the molecule is O=C(CSc1nccn1-c1ccc(Br)cc1)Nc1ncc(Cl)cc1Cl. The minimum Gasteiger partial charge on any atom is -0.309 e. The number of benzene rings is 1. The maximum absolute atomic E-state index is 12.1. The summed E-state index contributed by atoms with van der Waals surface area (Å²) in [5, 5.41) is 4.08. The number of carbonyl (C=O) groups is 1. The predicted octanol–water partition coefficient (Wildman–Crippen LogP) is 5.07. The predicted molar refractivity (Wildman–Crippen MR) is 105 cm³/mol. The molecule has 0 bridgehead atoms. The standard InChI is InChI=1S/C16H11BrCl2N4OS/c17-10-1-3-12(4-2-10)23-6-5-20-16(23)25-9-14(24)22-15-13(19)7-11(18)8-21-15/h1-8H,9H2,(H,21,22,24). The zero-order valence-corrected chi connectivity index (χ0v) is 16.5. The highest BCUT2D eigenvalue weighted by Gasteiger charge is 2.11. The van der Waals surface area contributed by atoms with E-state index in [0.29, 0.717) is 15.2 Å². The summed E-state index contributed by atoms with van der Waals surface area (Å²) < 4.78 is 2.91. The molecule has 0 unspecified atom stereocenters. The largest absolute Gasteiger partial charge is 0.309 e. The molecule has 0 atom stereocenters. The van der Waals surface area contributed by atoms with E-state index >= 15 is 0 Å². The van der Waals surface area contributed by atoms with Crippen molar-refractivity contribution in [2.75, 3.05) is 11.1 Å². The van der Waals surface area contributed by atoms with Gasteiger partial charge in [0.15, 0.2) is 11.0 Å². The van der Waals surface area contributed by atoms with Crippen LogP contribution in [0.3, 0.4) is 0 Å². The highest BCUT2D eigenvalue weighted by Crippen LogP contribution is 2.24. The second-order valence-electron chi connectivity index (χ2n) is 4.88. The van der Waals surface area contributed by atoms with Gasteiger partial charge in [-0.1, -0.05) is 50.9 Å². The smallest absolute Gasteiger partial charge is 0.236 e. The van der Waals surface area contributed by atoms with Crippen molar-refractivity contribution in [1.82, 2.24) is 14.5 Å². The van der Waals surface area contributed by atoms with Crippen LogP contribution in [-0.4, -0.2) is 26.2 Å². The van der Waals surface area contributed by atoms with Crippen LogP contribution in [0.4, 0.5) is 5.82 Å². The second kappa shape index (κ2) is 8.23. The molecule has 2 heterocycles.